The minimum atomic E-state index is -1.95. The van der Waals surface area contributed by atoms with Gasteiger partial charge in [0.2, 0.25) is 0 Å². The predicted octanol–water partition coefficient (Wildman–Crippen LogP) is 4.89. The van der Waals surface area contributed by atoms with Gasteiger partial charge >= 0.3 is 8.08 Å². The summed E-state index contributed by atoms with van der Waals surface area (Å²) in [6, 6.07) is 5.36. The highest BCUT2D eigenvalue weighted by Crippen LogP contribution is 2.38. The van der Waals surface area contributed by atoms with E-state index in [9.17, 15) is 0 Å². The predicted molar refractivity (Wildman–Crippen MR) is 85.9 cm³/mol. The summed E-state index contributed by atoms with van der Waals surface area (Å²) in [6.45, 7) is 9.24. The van der Waals surface area contributed by atoms with E-state index in [4.69, 9.17) is 8.85 Å². The molecule has 0 amide bonds. The van der Waals surface area contributed by atoms with Gasteiger partial charge in [0.1, 0.15) is 7.59 Å². The summed E-state index contributed by atoms with van der Waals surface area (Å²) in [5.41, 5.74) is 0. The highest BCUT2D eigenvalue weighted by molar-refractivity contribution is 7.37. The Kier molecular flexibility index (Phi) is 9.47. The molecule has 0 spiro atoms. The van der Waals surface area contributed by atoms with Crippen molar-refractivity contribution in [3.8, 4) is 0 Å². The maximum atomic E-state index is 6.13. The van der Waals surface area contributed by atoms with Crippen LogP contribution in [0.5, 0.6) is 0 Å². The number of hydrogen-bond donors (Lipinski definition) is 0. The first-order chi connectivity index (χ1) is 8.61. The van der Waals surface area contributed by atoms with E-state index in [1.807, 2.05) is 14.2 Å². The normalized spacial score (nSPS) is 13.0. The summed E-state index contributed by atoms with van der Waals surface area (Å²) in [5.74, 6) is 0. The van der Waals surface area contributed by atoms with Crippen LogP contribution in [0.3, 0.4) is 0 Å². The van der Waals surface area contributed by atoms with Crippen molar-refractivity contribution in [2.24, 2.45) is 0 Å². The molecule has 0 rings (SSSR count). The van der Waals surface area contributed by atoms with Crippen LogP contribution in [0.4, 0.5) is 0 Å². The molecule has 0 radical (unpaired) electrons. The SMILES string of the molecule is CCC[Si](CCC)(CCC)[Si](CCC)(OC)OC. The molecule has 0 heterocycles. The molecule has 0 aliphatic carbocycles. The van der Waals surface area contributed by atoms with Crippen molar-refractivity contribution in [1.82, 2.24) is 0 Å². The van der Waals surface area contributed by atoms with Gasteiger partial charge in [0.05, 0.1) is 0 Å². The second-order valence-electron chi connectivity index (χ2n) is 5.44. The van der Waals surface area contributed by atoms with E-state index in [-0.39, 0.29) is 0 Å². The molecule has 4 heteroatoms. The molecule has 18 heavy (non-hydrogen) atoms. The Labute approximate surface area is 117 Å². The summed E-state index contributed by atoms with van der Waals surface area (Å²) in [4.78, 5) is 0. The molecule has 2 nitrogen and oxygen atoms in total. The molecule has 0 fully saturated rings. The quantitative estimate of drug-likeness (QED) is 0.504. The zero-order valence-electron chi connectivity index (χ0n) is 13.5. The molecule has 110 valence electrons. The van der Waals surface area contributed by atoms with Gasteiger partial charge in [-0.25, -0.2) is 0 Å². The van der Waals surface area contributed by atoms with E-state index < -0.39 is 15.7 Å². The van der Waals surface area contributed by atoms with Gasteiger partial charge in [0.25, 0.3) is 0 Å². The second kappa shape index (κ2) is 9.29. The summed E-state index contributed by atoms with van der Waals surface area (Å²) >= 11 is 0. The average Bonchev–Trinajstić information content (AvgIpc) is 2.37. The van der Waals surface area contributed by atoms with E-state index >= 15 is 0 Å². The molecule has 0 N–H and O–H groups in total. The molecule has 0 atom stereocenters. The van der Waals surface area contributed by atoms with E-state index in [0.717, 1.165) is 0 Å². The Bertz CT molecular complexity index is 189. The molecule has 0 aromatic carbocycles. The van der Waals surface area contributed by atoms with Crippen LogP contribution in [0.2, 0.25) is 24.2 Å². The molecular weight excluding hydrogens is 256 g/mol. The first kappa shape index (κ1) is 18.4. The molecule has 0 unspecified atom stereocenters. The van der Waals surface area contributed by atoms with E-state index in [2.05, 4.69) is 27.7 Å². The Morgan fingerprint density at radius 2 is 0.944 bits per heavy atom. The molecule has 0 aromatic heterocycles. The summed E-state index contributed by atoms with van der Waals surface area (Å²) < 4.78 is 12.3. The number of hydrogen-bond acceptors (Lipinski definition) is 2. The largest absolute Gasteiger partial charge is 0.400 e. The van der Waals surface area contributed by atoms with Crippen LogP contribution in [-0.4, -0.2) is 29.9 Å². The van der Waals surface area contributed by atoms with Gasteiger partial charge in [0.15, 0.2) is 0 Å². The lowest BCUT2D eigenvalue weighted by Crippen LogP contribution is -2.65. The van der Waals surface area contributed by atoms with Crippen LogP contribution in [0.25, 0.3) is 0 Å². The summed E-state index contributed by atoms with van der Waals surface area (Å²) in [6.07, 6.45) is 5.06. The fourth-order valence-corrected chi connectivity index (χ4v) is 21.7. The highest BCUT2D eigenvalue weighted by atomic mass is 29.3. The van der Waals surface area contributed by atoms with Gasteiger partial charge < -0.3 is 8.85 Å². The van der Waals surface area contributed by atoms with Gasteiger partial charge in [-0.05, 0) is 6.04 Å². The third-order valence-electron chi connectivity index (χ3n) is 4.23. The van der Waals surface area contributed by atoms with Crippen LogP contribution in [-0.2, 0) is 8.85 Å². The van der Waals surface area contributed by atoms with E-state index in [1.54, 1.807) is 0 Å². The van der Waals surface area contributed by atoms with Crippen LogP contribution in [0, 0.1) is 0 Å². The van der Waals surface area contributed by atoms with Crippen molar-refractivity contribution in [3.05, 3.63) is 0 Å². The third kappa shape index (κ3) is 3.92. The van der Waals surface area contributed by atoms with Gasteiger partial charge in [-0.3, -0.25) is 0 Å². The monoisotopic (exact) mass is 290 g/mol. The van der Waals surface area contributed by atoms with Crippen molar-refractivity contribution in [3.63, 3.8) is 0 Å². The molecule has 0 saturated heterocycles. The minimum Gasteiger partial charge on any atom is -0.400 e. The van der Waals surface area contributed by atoms with Crippen molar-refractivity contribution in [2.75, 3.05) is 14.2 Å². The Hall–Kier alpha value is 0.354. The van der Waals surface area contributed by atoms with Gasteiger partial charge in [-0.1, -0.05) is 71.5 Å². The lowest BCUT2D eigenvalue weighted by Gasteiger charge is -2.45. The average molecular weight is 291 g/mol. The Morgan fingerprint density at radius 1 is 0.611 bits per heavy atom. The minimum absolute atomic E-state index is 1.19. The standard InChI is InChI=1S/C14H34O2Si2/c1-7-11-17(12-8-2,13-9-3)18(15-5,16-6)14-10-4/h7-14H2,1-6H3. The number of rotatable bonds is 11. The van der Waals surface area contributed by atoms with E-state index in [0.29, 0.717) is 0 Å². The van der Waals surface area contributed by atoms with Crippen LogP contribution < -0.4 is 0 Å². The van der Waals surface area contributed by atoms with Crippen molar-refractivity contribution in [1.29, 1.82) is 0 Å². The second-order valence-corrected chi connectivity index (χ2v) is 17.8. The molecule has 0 bridgehead atoms. The third-order valence-corrected chi connectivity index (χ3v) is 21.8. The van der Waals surface area contributed by atoms with Gasteiger partial charge in [-0.2, -0.15) is 0 Å². The maximum absolute atomic E-state index is 6.13. The first-order valence-corrected chi connectivity index (χ1v) is 13.4. The van der Waals surface area contributed by atoms with E-state index in [1.165, 1.54) is 49.9 Å². The Morgan fingerprint density at radius 3 is 1.17 bits per heavy atom. The van der Waals surface area contributed by atoms with Crippen molar-refractivity contribution >= 4 is 15.7 Å². The summed E-state index contributed by atoms with van der Waals surface area (Å²) in [7, 11) is 0.473. The van der Waals surface area contributed by atoms with Crippen LogP contribution >= 0.6 is 0 Å². The molecule has 0 aliphatic rings. The lowest BCUT2D eigenvalue weighted by molar-refractivity contribution is 0.260. The van der Waals surface area contributed by atoms with Crippen LogP contribution in [0.1, 0.15) is 53.4 Å². The molecule has 0 aromatic rings. The fraction of sp³-hybridized carbons (Fsp3) is 1.00. The molecule has 0 saturated carbocycles. The summed E-state index contributed by atoms with van der Waals surface area (Å²) in [5, 5.41) is 0. The zero-order valence-corrected chi connectivity index (χ0v) is 15.5. The topological polar surface area (TPSA) is 18.5 Å². The maximum Gasteiger partial charge on any atom is 0.316 e. The lowest BCUT2D eigenvalue weighted by atomic mass is 10.6. The molecular formula is C14H34O2Si2. The van der Waals surface area contributed by atoms with Crippen molar-refractivity contribution in [2.45, 2.75) is 77.6 Å². The van der Waals surface area contributed by atoms with Gasteiger partial charge in [0, 0.05) is 14.2 Å². The van der Waals surface area contributed by atoms with Crippen LogP contribution in [0.15, 0.2) is 0 Å². The first-order valence-electron chi connectivity index (χ1n) is 7.72. The molecule has 0 aliphatic heterocycles. The zero-order chi connectivity index (χ0) is 14.1. The smallest absolute Gasteiger partial charge is 0.316 e. The Balaban J connectivity index is 5.40. The van der Waals surface area contributed by atoms with Crippen molar-refractivity contribution < 1.29 is 8.85 Å². The highest BCUT2D eigenvalue weighted by Gasteiger charge is 2.55. The van der Waals surface area contributed by atoms with Gasteiger partial charge in [-0.15, -0.1) is 0 Å². The fourth-order valence-electron chi connectivity index (χ4n) is 3.70.